The first kappa shape index (κ1) is 9.81. The molecule has 1 aromatic rings. The van der Waals surface area contributed by atoms with Gasteiger partial charge in [-0.3, -0.25) is 4.79 Å². The molecule has 5 nitrogen and oxygen atoms in total. The second-order valence-electron chi connectivity index (χ2n) is 4.71. The fraction of sp³-hybridized carbons (Fsp3) is 0.727. The minimum Gasteiger partial charge on any atom is -0.342 e. The van der Waals surface area contributed by atoms with Gasteiger partial charge in [0.25, 0.3) is 0 Å². The number of piperidine rings is 1. The molecule has 0 radical (unpaired) electrons. The van der Waals surface area contributed by atoms with E-state index in [1.54, 1.807) is 6.20 Å². The number of likely N-dealkylation sites (tertiary alicyclic amines) is 1. The topological polar surface area (TPSA) is 51.0 Å². The van der Waals surface area contributed by atoms with Crippen LogP contribution in [0.2, 0.25) is 0 Å². The summed E-state index contributed by atoms with van der Waals surface area (Å²) in [6.45, 7) is 1.75. The van der Waals surface area contributed by atoms with Crippen LogP contribution in [0.15, 0.2) is 12.4 Å². The second-order valence-corrected chi connectivity index (χ2v) is 4.71. The highest BCUT2D eigenvalue weighted by atomic mass is 16.2. The van der Waals surface area contributed by atoms with Crippen LogP contribution in [-0.4, -0.2) is 38.9 Å². The van der Waals surface area contributed by atoms with E-state index < -0.39 is 0 Å². The molecule has 86 valence electrons. The van der Waals surface area contributed by atoms with Gasteiger partial charge in [0.2, 0.25) is 5.91 Å². The van der Waals surface area contributed by atoms with E-state index in [0.29, 0.717) is 17.9 Å². The summed E-state index contributed by atoms with van der Waals surface area (Å²) in [6.07, 6.45) is 7.82. The molecule has 2 aliphatic rings. The van der Waals surface area contributed by atoms with Crippen molar-refractivity contribution in [1.82, 2.24) is 19.9 Å². The van der Waals surface area contributed by atoms with Gasteiger partial charge in [0.1, 0.15) is 0 Å². The predicted octanol–water partition coefficient (Wildman–Crippen LogP) is 0.852. The van der Waals surface area contributed by atoms with Crippen LogP contribution in [-0.2, 0) is 4.79 Å². The maximum Gasteiger partial charge on any atom is 0.225 e. The number of hydrogen-bond acceptors (Lipinski definition) is 3. The highest BCUT2D eigenvalue weighted by Crippen LogP contribution is 2.32. The van der Waals surface area contributed by atoms with Crippen molar-refractivity contribution in [2.45, 2.75) is 31.7 Å². The lowest BCUT2D eigenvalue weighted by Gasteiger charge is -2.31. The molecule has 1 saturated carbocycles. The fourth-order valence-electron chi connectivity index (χ4n) is 2.35. The van der Waals surface area contributed by atoms with Gasteiger partial charge in [0, 0.05) is 25.2 Å². The normalized spacial score (nSPS) is 22.4. The summed E-state index contributed by atoms with van der Waals surface area (Å²) in [7, 11) is 0. The average molecular weight is 220 g/mol. The Morgan fingerprint density at radius 2 is 1.94 bits per heavy atom. The summed E-state index contributed by atoms with van der Waals surface area (Å²) in [6, 6.07) is 0.422. The van der Waals surface area contributed by atoms with Crippen molar-refractivity contribution in [3.63, 3.8) is 0 Å². The number of amides is 1. The number of carbonyl (C=O) groups excluding carboxylic acids is 1. The lowest BCUT2D eigenvalue weighted by Crippen LogP contribution is -2.39. The van der Waals surface area contributed by atoms with Crippen LogP contribution < -0.4 is 0 Å². The number of nitrogens with zero attached hydrogens (tertiary/aromatic N) is 4. The number of carbonyl (C=O) groups is 1. The molecule has 0 atom stereocenters. The van der Waals surface area contributed by atoms with Crippen molar-refractivity contribution in [2.24, 2.45) is 5.92 Å². The maximum absolute atomic E-state index is 11.8. The molecular formula is C11H16N4O. The zero-order valence-corrected chi connectivity index (χ0v) is 9.25. The van der Waals surface area contributed by atoms with Gasteiger partial charge in [-0.2, -0.15) is 0 Å². The van der Waals surface area contributed by atoms with Crippen molar-refractivity contribution in [3.05, 3.63) is 12.4 Å². The molecule has 1 saturated heterocycles. The van der Waals surface area contributed by atoms with Crippen molar-refractivity contribution < 1.29 is 4.79 Å². The van der Waals surface area contributed by atoms with Crippen molar-refractivity contribution >= 4 is 5.91 Å². The van der Waals surface area contributed by atoms with E-state index in [9.17, 15) is 4.79 Å². The van der Waals surface area contributed by atoms with Gasteiger partial charge >= 0.3 is 0 Å². The van der Waals surface area contributed by atoms with Gasteiger partial charge in [-0.15, -0.1) is 5.10 Å². The second kappa shape index (κ2) is 3.88. The van der Waals surface area contributed by atoms with E-state index >= 15 is 0 Å². The Morgan fingerprint density at radius 1 is 1.19 bits per heavy atom. The first-order valence-corrected chi connectivity index (χ1v) is 5.99. The maximum atomic E-state index is 11.8. The highest BCUT2D eigenvalue weighted by molar-refractivity contribution is 5.81. The summed E-state index contributed by atoms with van der Waals surface area (Å²) >= 11 is 0. The Morgan fingerprint density at radius 3 is 2.50 bits per heavy atom. The van der Waals surface area contributed by atoms with E-state index in [0.717, 1.165) is 38.8 Å². The lowest BCUT2D eigenvalue weighted by molar-refractivity contribution is -0.133. The van der Waals surface area contributed by atoms with Gasteiger partial charge in [-0.25, -0.2) is 4.68 Å². The quantitative estimate of drug-likeness (QED) is 0.742. The van der Waals surface area contributed by atoms with E-state index in [4.69, 9.17) is 0 Å². The first-order valence-electron chi connectivity index (χ1n) is 5.99. The van der Waals surface area contributed by atoms with Gasteiger partial charge in [0.15, 0.2) is 0 Å². The van der Waals surface area contributed by atoms with Gasteiger partial charge in [0.05, 0.1) is 12.2 Å². The Bertz CT molecular complexity index is 363. The molecule has 0 unspecified atom stereocenters. The molecule has 2 fully saturated rings. The molecule has 1 aliphatic heterocycles. The first-order chi connectivity index (χ1) is 7.84. The van der Waals surface area contributed by atoms with Crippen LogP contribution >= 0.6 is 0 Å². The molecule has 3 rings (SSSR count). The molecule has 0 bridgehead atoms. The van der Waals surface area contributed by atoms with Crippen molar-refractivity contribution in [3.8, 4) is 0 Å². The third kappa shape index (κ3) is 1.81. The summed E-state index contributed by atoms with van der Waals surface area (Å²) in [5.41, 5.74) is 0. The van der Waals surface area contributed by atoms with Crippen LogP contribution in [0, 0.1) is 5.92 Å². The molecule has 1 amide bonds. The van der Waals surface area contributed by atoms with Crippen molar-refractivity contribution in [2.75, 3.05) is 13.1 Å². The molecule has 5 heteroatoms. The summed E-state index contributed by atoms with van der Waals surface area (Å²) in [5, 5.41) is 7.84. The largest absolute Gasteiger partial charge is 0.342 e. The lowest BCUT2D eigenvalue weighted by atomic mass is 10.0. The molecular weight excluding hydrogens is 204 g/mol. The summed E-state index contributed by atoms with van der Waals surface area (Å²) in [5.74, 6) is 0.722. The summed E-state index contributed by atoms with van der Waals surface area (Å²) < 4.78 is 1.92. The molecule has 16 heavy (non-hydrogen) atoms. The Labute approximate surface area is 94.4 Å². The SMILES string of the molecule is O=C(C1CC1)N1CCC(n2ccnn2)CC1. The third-order valence-corrected chi connectivity index (χ3v) is 3.52. The minimum atomic E-state index is 0.350. The van der Waals surface area contributed by atoms with Crippen LogP contribution in [0.25, 0.3) is 0 Å². The van der Waals surface area contributed by atoms with Crippen LogP contribution in [0.1, 0.15) is 31.7 Å². The molecule has 0 aromatic carbocycles. The van der Waals surface area contributed by atoms with E-state index in [2.05, 4.69) is 10.3 Å². The van der Waals surface area contributed by atoms with Gasteiger partial charge in [-0.1, -0.05) is 5.21 Å². The molecule has 1 aliphatic carbocycles. The zero-order chi connectivity index (χ0) is 11.0. The molecule has 1 aromatic heterocycles. The van der Waals surface area contributed by atoms with Gasteiger partial charge in [-0.05, 0) is 25.7 Å². The zero-order valence-electron chi connectivity index (χ0n) is 9.25. The van der Waals surface area contributed by atoms with E-state index in [1.165, 1.54) is 0 Å². The van der Waals surface area contributed by atoms with Gasteiger partial charge < -0.3 is 4.90 Å². The highest BCUT2D eigenvalue weighted by Gasteiger charge is 2.35. The predicted molar refractivity (Wildman–Crippen MR) is 57.6 cm³/mol. The fourth-order valence-corrected chi connectivity index (χ4v) is 2.35. The average Bonchev–Trinajstić information content (AvgIpc) is 3.04. The third-order valence-electron chi connectivity index (χ3n) is 3.52. The smallest absolute Gasteiger partial charge is 0.225 e. The Balaban J connectivity index is 1.57. The van der Waals surface area contributed by atoms with Crippen molar-refractivity contribution in [1.29, 1.82) is 0 Å². The standard InChI is InChI=1S/C11H16N4O/c16-11(9-1-2-9)14-6-3-10(4-7-14)15-8-5-12-13-15/h5,8-10H,1-4,6-7H2. The van der Waals surface area contributed by atoms with E-state index in [-0.39, 0.29) is 0 Å². The Kier molecular flexibility index (Phi) is 2.38. The minimum absolute atomic E-state index is 0.350. The molecule has 0 N–H and O–H groups in total. The molecule has 2 heterocycles. The number of rotatable bonds is 2. The number of aromatic nitrogens is 3. The van der Waals surface area contributed by atoms with Crippen LogP contribution in [0.3, 0.4) is 0 Å². The van der Waals surface area contributed by atoms with Crippen LogP contribution in [0.5, 0.6) is 0 Å². The number of hydrogen-bond donors (Lipinski definition) is 0. The monoisotopic (exact) mass is 220 g/mol. The molecule has 0 spiro atoms. The van der Waals surface area contributed by atoms with E-state index in [1.807, 2.05) is 15.8 Å². The Hall–Kier alpha value is -1.39. The van der Waals surface area contributed by atoms with Crippen LogP contribution in [0.4, 0.5) is 0 Å². The summed E-state index contributed by atoms with van der Waals surface area (Å²) in [4.78, 5) is 13.9.